The fraction of sp³-hybridized carbons (Fsp3) is 0.409. The number of carbonyl (C=O) groups excluding carboxylic acids is 1. The van der Waals surface area contributed by atoms with E-state index in [-0.39, 0.29) is 17.5 Å². The summed E-state index contributed by atoms with van der Waals surface area (Å²) < 4.78 is 7.57. The zero-order valence-electron chi connectivity index (χ0n) is 18.6. The summed E-state index contributed by atoms with van der Waals surface area (Å²) in [6.45, 7) is 5.84. The first-order valence-electron chi connectivity index (χ1n) is 10.7. The Morgan fingerprint density at radius 1 is 1.31 bits per heavy atom. The molecule has 0 spiro atoms. The molecule has 0 radical (unpaired) electrons. The van der Waals surface area contributed by atoms with Crippen LogP contribution in [-0.2, 0) is 4.79 Å². The Labute approximate surface area is 184 Å². The molecule has 1 saturated carbocycles. The van der Waals surface area contributed by atoms with Crippen LogP contribution in [0, 0.1) is 6.92 Å². The second-order valence-electron chi connectivity index (χ2n) is 8.59. The van der Waals surface area contributed by atoms with Gasteiger partial charge in [0.2, 0.25) is 17.7 Å². The normalized spacial score (nSPS) is 20.3. The molecule has 0 bridgehead atoms. The number of anilines is 1. The van der Waals surface area contributed by atoms with Crippen molar-refractivity contribution >= 4 is 28.5 Å². The second-order valence-corrected chi connectivity index (χ2v) is 8.59. The standard InChI is InChI=1S/C22H26N8O2/c1-5-17(31)27-22(3)8-14(9-22)24-21-25-19-18(20(26-21)32-4)15(10-23-19)13-6-7-16-29-28-12(2)30(16)11-13/h6-7,10-11,14H,5,8-9H2,1-4H3,(H,27,31)(H2,23,24,25,26)/t14-,22+. The van der Waals surface area contributed by atoms with Crippen LogP contribution in [0.25, 0.3) is 27.8 Å². The highest BCUT2D eigenvalue weighted by Crippen LogP contribution is 2.37. The number of ether oxygens (including phenoxy) is 1. The van der Waals surface area contributed by atoms with Gasteiger partial charge in [-0.05, 0) is 38.8 Å². The Bertz CT molecular complexity index is 1320. The molecule has 10 nitrogen and oxygen atoms in total. The number of rotatable bonds is 6. The van der Waals surface area contributed by atoms with E-state index in [2.05, 4.69) is 42.7 Å². The van der Waals surface area contributed by atoms with E-state index in [0.29, 0.717) is 23.9 Å². The van der Waals surface area contributed by atoms with Crippen LogP contribution in [0.2, 0.25) is 0 Å². The van der Waals surface area contributed by atoms with Crippen molar-refractivity contribution in [3.8, 4) is 17.0 Å². The quantitative estimate of drug-likeness (QED) is 0.426. The van der Waals surface area contributed by atoms with E-state index >= 15 is 0 Å². The summed E-state index contributed by atoms with van der Waals surface area (Å²) in [5.41, 5.74) is 3.23. The molecule has 1 aliphatic rings. The van der Waals surface area contributed by atoms with Gasteiger partial charge in [0.15, 0.2) is 5.65 Å². The SMILES string of the molecule is CCC(=O)N[C@]1(C)C[C@H](Nc2nc(OC)c3c(-c4ccc5nnc(C)n5c4)c[nH]c3n2)C1. The van der Waals surface area contributed by atoms with E-state index in [4.69, 9.17) is 4.74 Å². The smallest absolute Gasteiger partial charge is 0.228 e. The Morgan fingerprint density at radius 2 is 2.12 bits per heavy atom. The van der Waals surface area contributed by atoms with Gasteiger partial charge >= 0.3 is 0 Å². The Hall–Kier alpha value is -3.69. The van der Waals surface area contributed by atoms with Crippen molar-refractivity contribution < 1.29 is 9.53 Å². The Morgan fingerprint density at radius 3 is 2.88 bits per heavy atom. The minimum absolute atomic E-state index is 0.0732. The van der Waals surface area contributed by atoms with E-state index in [9.17, 15) is 4.79 Å². The summed E-state index contributed by atoms with van der Waals surface area (Å²) in [4.78, 5) is 24.3. The predicted molar refractivity (Wildman–Crippen MR) is 121 cm³/mol. The van der Waals surface area contributed by atoms with Crippen LogP contribution in [0.1, 0.15) is 38.9 Å². The molecule has 4 aromatic rings. The van der Waals surface area contributed by atoms with E-state index in [0.717, 1.165) is 40.8 Å². The predicted octanol–water partition coefficient (Wildman–Crippen LogP) is 2.84. The van der Waals surface area contributed by atoms with Gasteiger partial charge in [-0.15, -0.1) is 10.2 Å². The summed E-state index contributed by atoms with van der Waals surface area (Å²) in [6.07, 6.45) is 6.03. The first kappa shape index (κ1) is 20.2. The number of aryl methyl sites for hydroxylation is 1. The summed E-state index contributed by atoms with van der Waals surface area (Å²) in [5, 5.41) is 15.5. The lowest BCUT2D eigenvalue weighted by molar-refractivity contribution is -0.123. The van der Waals surface area contributed by atoms with Crippen LogP contribution in [0.4, 0.5) is 5.95 Å². The van der Waals surface area contributed by atoms with Crippen LogP contribution >= 0.6 is 0 Å². The van der Waals surface area contributed by atoms with Gasteiger partial charge in [0.1, 0.15) is 11.5 Å². The number of aromatic nitrogens is 6. The average molecular weight is 435 g/mol. The molecule has 10 heteroatoms. The number of nitrogens with zero attached hydrogens (tertiary/aromatic N) is 5. The van der Waals surface area contributed by atoms with Gasteiger partial charge in [-0.25, -0.2) is 0 Å². The average Bonchev–Trinajstić information content (AvgIpc) is 3.35. The van der Waals surface area contributed by atoms with E-state index in [1.54, 1.807) is 7.11 Å². The lowest BCUT2D eigenvalue weighted by atomic mass is 9.74. The van der Waals surface area contributed by atoms with Gasteiger partial charge in [-0.2, -0.15) is 9.97 Å². The molecule has 32 heavy (non-hydrogen) atoms. The number of aromatic amines is 1. The highest BCUT2D eigenvalue weighted by Gasteiger charge is 2.41. The van der Waals surface area contributed by atoms with Crippen molar-refractivity contribution in [1.29, 1.82) is 0 Å². The highest BCUT2D eigenvalue weighted by molar-refractivity contribution is 5.97. The Kier molecular flexibility index (Phi) is 4.72. The first-order valence-corrected chi connectivity index (χ1v) is 10.7. The van der Waals surface area contributed by atoms with Crippen molar-refractivity contribution in [3.63, 3.8) is 0 Å². The number of pyridine rings is 1. The number of hydrogen-bond acceptors (Lipinski definition) is 7. The third kappa shape index (κ3) is 3.41. The van der Waals surface area contributed by atoms with E-state index < -0.39 is 0 Å². The number of amides is 1. The monoisotopic (exact) mass is 434 g/mol. The maximum Gasteiger partial charge on any atom is 0.228 e. The van der Waals surface area contributed by atoms with Crippen molar-refractivity contribution in [3.05, 3.63) is 30.4 Å². The minimum Gasteiger partial charge on any atom is -0.480 e. The summed E-state index contributed by atoms with van der Waals surface area (Å²) in [5.74, 6) is 1.89. The van der Waals surface area contributed by atoms with Gasteiger partial charge in [-0.3, -0.25) is 9.20 Å². The second kappa shape index (κ2) is 7.47. The molecule has 5 rings (SSSR count). The van der Waals surface area contributed by atoms with E-state index in [1.807, 2.05) is 42.8 Å². The maximum absolute atomic E-state index is 11.7. The molecule has 1 fully saturated rings. The fourth-order valence-corrected chi connectivity index (χ4v) is 4.44. The summed E-state index contributed by atoms with van der Waals surface area (Å²) in [7, 11) is 1.61. The first-order chi connectivity index (χ1) is 15.4. The van der Waals surface area contributed by atoms with Gasteiger partial charge in [-0.1, -0.05) is 6.92 Å². The molecule has 1 amide bonds. The highest BCUT2D eigenvalue weighted by atomic mass is 16.5. The summed E-state index contributed by atoms with van der Waals surface area (Å²) >= 11 is 0. The van der Waals surface area contributed by atoms with Crippen molar-refractivity contribution in [2.24, 2.45) is 0 Å². The molecule has 1 aliphatic carbocycles. The van der Waals surface area contributed by atoms with Gasteiger partial charge < -0.3 is 20.4 Å². The van der Waals surface area contributed by atoms with Crippen LogP contribution in [0.5, 0.6) is 5.88 Å². The van der Waals surface area contributed by atoms with Crippen LogP contribution in [-0.4, -0.2) is 54.1 Å². The van der Waals surface area contributed by atoms with Crippen LogP contribution in [0.3, 0.4) is 0 Å². The third-order valence-electron chi connectivity index (χ3n) is 6.06. The fourth-order valence-electron chi connectivity index (χ4n) is 4.44. The summed E-state index contributed by atoms with van der Waals surface area (Å²) in [6, 6.07) is 4.12. The zero-order chi connectivity index (χ0) is 22.5. The largest absolute Gasteiger partial charge is 0.480 e. The van der Waals surface area contributed by atoms with Crippen molar-refractivity contribution in [2.45, 2.75) is 51.6 Å². The number of nitrogens with one attached hydrogen (secondary N) is 3. The third-order valence-corrected chi connectivity index (χ3v) is 6.06. The lowest BCUT2D eigenvalue weighted by Gasteiger charge is -2.45. The van der Waals surface area contributed by atoms with Gasteiger partial charge in [0, 0.05) is 41.5 Å². The molecule has 166 valence electrons. The van der Waals surface area contributed by atoms with Gasteiger partial charge in [0.05, 0.1) is 12.5 Å². The molecule has 0 aromatic carbocycles. The molecule has 4 aromatic heterocycles. The maximum atomic E-state index is 11.7. The number of H-pyrrole nitrogens is 1. The lowest BCUT2D eigenvalue weighted by Crippen LogP contribution is -2.59. The topological polar surface area (TPSA) is 122 Å². The zero-order valence-corrected chi connectivity index (χ0v) is 18.6. The molecule has 0 atom stereocenters. The molecule has 4 heterocycles. The molecule has 3 N–H and O–H groups in total. The molecule has 0 saturated heterocycles. The molecular formula is C22H26N8O2. The number of fused-ring (bicyclic) bond motifs is 2. The minimum atomic E-state index is -0.183. The van der Waals surface area contributed by atoms with Gasteiger partial charge in [0.25, 0.3) is 0 Å². The molecule has 0 aliphatic heterocycles. The molecule has 0 unspecified atom stereocenters. The number of methoxy groups -OCH3 is 1. The number of carbonyl (C=O) groups is 1. The van der Waals surface area contributed by atoms with Crippen molar-refractivity contribution in [1.82, 2.24) is 34.9 Å². The number of hydrogen-bond donors (Lipinski definition) is 3. The van der Waals surface area contributed by atoms with Crippen LogP contribution in [0.15, 0.2) is 24.5 Å². The van der Waals surface area contributed by atoms with Crippen molar-refractivity contribution in [2.75, 3.05) is 12.4 Å². The Balaban J connectivity index is 1.42. The molecular weight excluding hydrogens is 408 g/mol. The van der Waals surface area contributed by atoms with E-state index in [1.165, 1.54) is 0 Å². The van der Waals surface area contributed by atoms with Crippen LogP contribution < -0.4 is 15.4 Å².